The van der Waals surface area contributed by atoms with E-state index in [1.807, 2.05) is 72.8 Å². The van der Waals surface area contributed by atoms with E-state index in [4.69, 9.17) is 19.9 Å². The number of benzene rings is 4. The number of para-hydroxylation sites is 8. The minimum absolute atomic E-state index is 0.0829. The first-order valence-corrected chi connectivity index (χ1v) is 20.8. The van der Waals surface area contributed by atoms with Crippen LogP contribution in [0.25, 0.3) is 44.1 Å². The number of hydrogen-bond acceptors (Lipinski definition) is 8. The molecule has 0 amide bonds. The van der Waals surface area contributed by atoms with Crippen molar-refractivity contribution < 1.29 is 9.59 Å². The molecule has 0 aliphatic heterocycles. The molecule has 4 aromatic carbocycles. The molecule has 8 aromatic rings. The maximum Gasteiger partial charge on any atom is 0.187 e. The van der Waals surface area contributed by atoms with Gasteiger partial charge in [0, 0.05) is 104 Å². The van der Waals surface area contributed by atoms with Crippen LogP contribution in [0, 0.1) is 0 Å². The fourth-order valence-corrected chi connectivity index (χ4v) is 8.69. The third-order valence-electron chi connectivity index (χ3n) is 12.1. The third-order valence-corrected chi connectivity index (χ3v) is 12.1. The number of Topliss-reactive ketones (excluding diaryl/α,β-unsaturated/α-hetero) is 1. The van der Waals surface area contributed by atoms with Gasteiger partial charge in [0.15, 0.2) is 11.6 Å². The summed E-state index contributed by atoms with van der Waals surface area (Å²) >= 11 is 0. The highest BCUT2D eigenvalue weighted by Gasteiger charge is 2.26. The molecule has 0 bridgehead atoms. The van der Waals surface area contributed by atoms with E-state index >= 15 is 0 Å². The van der Waals surface area contributed by atoms with Gasteiger partial charge in [-0.15, -0.1) is 0 Å². The van der Waals surface area contributed by atoms with Crippen molar-refractivity contribution >= 4 is 55.7 Å². The Bertz CT molecular complexity index is 2590. The topological polar surface area (TPSA) is 112 Å². The van der Waals surface area contributed by atoms with Crippen molar-refractivity contribution in [2.24, 2.45) is 28.2 Å². The van der Waals surface area contributed by atoms with E-state index in [9.17, 15) is 9.59 Å². The van der Waals surface area contributed by atoms with E-state index in [2.05, 4.69) is 80.5 Å². The van der Waals surface area contributed by atoms with Gasteiger partial charge >= 0.3 is 0 Å². The molecule has 0 N–H and O–H groups in total. The number of hydrogen-bond donors (Lipinski definition) is 0. The van der Waals surface area contributed by atoms with Gasteiger partial charge in [0.05, 0.1) is 44.1 Å². The van der Waals surface area contributed by atoms with E-state index in [1.165, 1.54) is 12.2 Å². The smallest absolute Gasteiger partial charge is 0.187 e. The monoisotopic (exact) mass is 798 g/mol. The Kier molecular flexibility index (Phi) is 10.8. The SMILES string of the molecule is Cn1c(CCN(CCc2nc3ccccc3n2C)CC2=CC(=O)C=C(CN(CCc3nc4ccccc4n3C)CCc3nc4ccccc4n3C)C2=O)nc2ccccc21. The number of ketones is 2. The maximum atomic E-state index is 14.5. The molecule has 0 saturated heterocycles. The predicted molar refractivity (Wildman–Crippen MR) is 237 cm³/mol. The Hall–Kier alpha value is -6.50. The van der Waals surface area contributed by atoms with E-state index in [0.717, 1.165) is 67.4 Å². The number of allylic oxidation sites excluding steroid dienone is 2. The van der Waals surface area contributed by atoms with Gasteiger partial charge in [0.2, 0.25) is 0 Å². The molecular weight excluding hydrogens is 749 g/mol. The van der Waals surface area contributed by atoms with E-state index < -0.39 is 0 Å². The van der Waals surface area contributed by atoms with Crippen LogP contribution in [0.1, 0.15) is 23.3 Å². The Morgan fingerprint density at radius 1 is 0.417 bits per heavy atom. The normalized spacial score (nSPS) is 13.6. The lowest BCUT2D eigenvalue weighted by atomic mass is 9.94. The number of nitrogens with zero attached hydrogens (tertiary/aromatic N) is 10. The summed E-state index contributed by atoms with van der Waals surface area (Å²) in [6, 6.07) is 32.6. The lowest BCUT2D eigenvalue weighted by Crippen LogP contribution is -2.37. The molecule has 0 radical (unpaired) electrons. The van der Waals surface area contributed by atoms with Gasteiger partial charge in [0.1, 0.15) is 23.3 Å². The number of carbonyl (C=O) groups excluding carboxylic acids is 2. The molecule has 4 heterocycles. The van der Waals surface area contributed by atoms with Crippen molar-refractivity contribution in [2.45, 2.75) is 25.7 Å². The van der Waals surface area contributed by atoms with Crippen LogP contribution < -0.4 is 0 Å². The fourth-order valence-electron chi connectivity index (χ4n) is 8.69. The number of rotatable bonds is 16. The zero-order chi connectivity index (χ0) is 41.3. The van der Waals surface area contributed by atoms with Gasteiger partial charge in [-0.1, -0.05) is 48.5 Å². The van der Waals surface area contributed by atoms with Gasteiger partial charge in [-0.3, -0.25) is 19.4 Å². The quantitative estimate of drug-likeness (QED) is 0.108. The largest absolute Gasteiger partial charge is 0.331 e. The van der Waals surface area contributed by atoms with E-state index in [0.29, 0.717) is 76.1 Å². The van der Waals surface area contributed by atoms with Crippen molar-refractivity contribution in [3.05, 3.63) is 144 Å². The first kappa shape index (κ1) is 39.0. The highest BCUT2D eigenvalue weighted by molar-refractivity contribution is 6.20. The lowest BCUT2D eigenvalue weighted by molar-refractivity contribution is -0.115. The molecule has 1 aliphatic carbocycles. The van der Waals surface area contributed by atoms with Crippen LogP contribution in [0.5, 0.6) is 0 Å². The van der Waals surface area contributed by atoms with Crippen LogP contribution >= 0.6 is 0 Å². The molecule has 12 heteroatoms. The zero-order valence-corrected chi connectivity index (χ0v) is 34.8. The summed E-state index contributed by atoms with van der Waals surface area (Å²) in [5.41, 5.74) is 9.21. The molecular formula is C48H50N10O2. The van der Waals surface area contributed by atoms with Crippen molar-refractivity contribution in [3.8, 4) is 0 Å². The van der Waals surface area contributed by atoms with Crippen molar-refractivity contribution in [2.75, 3.05) is 39.3 Å². The number of aromatic nitrogens is 8. The molecule has 0 unspecified atom stereocenters. The molecule has 0 fully saturated rings. The van der Waals surface area contributed by atoms with Crippen LogP contribution in [-0.2, 0) is 63.5 Å². The van der Waals surface area contributed by atoms with E-state index in [-0.39, 0.29) is 11.6 Å². The summed E-state index contributed by atoms with van der Waals surface area (Å²) in [6.45, 7) is 3.30. The number of imidazole rings is 4. The molecule has 60 heavy (non-hydrogen) atoms. The second-order valence-electron chi connectivity index (χ2n) is 15.9. The number of carbonyl (C=O) groups is 2. The van der Waals surface area contributed by atoms with Crippen molar-refractivity contribution in [3.63, 3.8) is 0 Å². The Labute approximate surface area is 349 Å². The van der Waals surface area contributed by atoms with Gasteiger partial charge in [-0.25, -0.2) is 19.9 Å². The first-order valence-electron chi connectivity index (χ1n) is 20.8. The minimum atomic E-state index is -0.157. The highest BCUT2D eigenvalue weighted by Crippen LogP contribution is 2.22. The zero-order valence-electron chi connectivity index (χ0n) is 34.8. The molecule has 9 rings (SSSR count). The van der Waals surface area contributed by atoms with Gasteiger partial charge in [-0.2, -0.15) is 0 Å². The van der Waals surface area contributed by atoms with Crippen molar-refractivity contribution in [1.29, 1.82) is 0 Å². The molecule has 12 nitrogen and oxygen atoms in total. The summed E-state index contributed by atoms with van der Waals surface area (Å²) in [7, 11) is 8.20. The molecule has 304 valence electrons. The maximum absolute atomic E-state index is 14.5. The van der Waals surface area contributed by atoms with Gasteiger partial charge in [0.25, 0.3) is 0 Å². The van der Waals surface area contributed by atoms with Crippen LogP contribution in [0.2, 0.25) is 0 Å². The summed E-state index contributed by atoms with van der Waals surface area (Å²) in [5, 5.41) is 0. The molecule has 0 spiro atoms. The second kappa shape index (κ2) is 16.6. The summed E-state index contributed by atoms with van der Waals surface area (Å²) in [6.07, 6.45) is 5.81. The minimum Gasteiger partial charge on any atom is -0.331 e. The predicted octanol–water partition coefficient (Wildman–Crippen LogP) is 6.11. The summed E-state index contributed by atoms with van der Waals surface area (Å²) in [5.74, 6) is 3.65. The molecule has 4 aromatic heterocycles. The second-order valence-corrected chi connectivity index (χ2v) is 15.9. The number of fused-ring (bicyclic) bond motifs is 4. The van der Waals surface area contributed by atoms with Crippen LogP contribution in [0.4, 0.5) is 0 Å². The fraction of sp³-hybridized carbons (Fsp3) is 0.292. The average molecular weight is 799 g/mol. The standard InChI is InChI=1S/C48H50N10O2/c1-53-40-17-9-5-13-36(40)49-44(53)21-25-57(26-22-45-50-37-14-6-10-18-41(37)54(45)2)31-33-29-35(59)30-34(48(33)60)32-58(27-23-46-51-38-15-7-11-19-42(38)55(46)3)28-24-47-52-39-16-8-12-20-43(39)56(47)4/h5-20,29-30H,21-28,31-32H2,1-4H3. The summed E-state index contributed by atoms with van der Waals surface area (Å²) in [4.78, 5) is 52.3. The van der Waals surface area contributed by atoms with Crippen LogP contribution in [0.15, 0.2) is 120 Å². The van der Waals surface area contributed by atoms with E-state index in [1.54, 1.807) is 0 Å². The molecule has 0 saturated carbocycles. The van der Waals surface area contributed by atoms with Crippen LogP contribution in [-0.4, -0.2) is 98.8 Å². The third kappa shape index (κ3) is 7.83. The Morgan fingerprint density at radius 2 is 0.683 bits per heavy atom. The van der Waals surface area contributed by atoms with Crippen LogP contribution in [0.3, 0.4) is 0 Å². The van der Waals surface area contributed by atoms with Crippen molar-refractivity contribution in [1.82, 2.24) is 48.0 Å². The Balaban J connectivity index is 0.948. The molecule has 0 atom stereocenters. The lowest BCUT2D eigenvalue weighted by Gasteiger charge is -2.27. The highest BCUT2D eigenvalue weighted by atomic mass is 16.1. The first-order chi connectivity index (χ1) is 29.2. The Morgan fingerprint density at radius 3 is 0.950 bits per heavy atom. The van der Waals surface area contributed by atoms with Gasteiger partial charge < -0.3 is 18.3 Å². The van der Waals surface area contributed by atoms with Gasteiger partial charge in [-0.05, 0) is 60.7 Å². The molecule has 1 aliphatic rings. The summed E-state index contributed by atoms with van der Waals surface area (Å²) < 4.78 is 8.57. The average Bonchev–Trinajstić information content (AvgIpc) is 3.98. The number of aryl methyl sites for hydroxylation is 4.